The van der Waals surface area contributed by atoms with Crippen LogP contribution in [0.3, 0.4) is 0 Å². The molecule has 2 aromatic rings. The highest BCUT2D eigenvalue weighted by Crippen LogP contribution is 2.26. The largest absolute Gasteiger partial charge is 0.379 e. The molecule has 86 valence electrons. The third kappa shape index (κ3) is 3.01. The van der Waals surface area contributed by atoms with Gasteiger partial charge in [0.15, 0.2) is 0 Å². The summed E-state index contributed by atoms with van der Waals surface area (Å²) in [6.45, 7) is 0.669. The van der Waals surface area contributed by atoms with E-state index in [1.807, 2.05) is 30.3 Å². The number of nitrogens with one attached hydrogen (secondary N) is 1. The number of thiophene rings is 1. The first kappa shape index (κ1) is 12.4. The van der Waals surface area contributed by atoms with Gasteiger partial charge in [-0.25, -0.2) is 0 Å². The predicted octanol–water partition coefficient (Wildman–Crippen LogP) is 4.65. The van der Waals surface area contributed by atoms with Crippen LogP contribution in [0.15, 0.2) is 34.8 Å². The number of hydrogen-bond acceptors (Lipinski definition) is 3. The number of nitrogens with zero attached hydrogens (tertiary/aromatic N) is 1. The van der Waals surface area contributed by atoms with Crippen molar-refractivity contribution in [3.8, 4) is 6.07 Å². The molecule has 0 aliphatic rings. The highest BCUT2D eigenvalue weighted by molar-refractivity contribution is 9.10. The number of halogens is 2. The van der Waals surface area contributed by atoms with Crippen molar-refractivity contribution in [1.82, 2.24) is 0 Å². The molecule has 0 radical (unpaired) electrons. The molecule has 17 heavy (non-hydrogen) atoms. The van der Waals surface area contributed by atoms with Crippen molar-refractivity contribution in [1.29, 1.82) is 5.26 Å². The van der Waals surface area contributed by atoms with Crippen molar-refractivity contribution in [3.05, 3.63) is 49.6 Å². The maximum Gasteiger partial charge on any atom is 0.103 e. The Kier molecular flexibility index (Phi) is 4.06. The van der Waals surface area contributed by atoms with E-state index in [1.165, 1.54) is 11.3 Å². The Morgan fingerprint density at radius 1 is 1.35 bits per heavy atom. The van der Waals surface area contributed by atoms with Gasteiger partial charge in [0.1, 0.15) is 6.07 Å². The summed E-state index contributed by atoms with van der Waals surface area (Å²) in [6.07, 6.45) is 0. The third-order valence-electron chi connectivity index (χ3n) is 2.21. The Hall–Kier alpha value is -1.02. The molecule has 0 fully saturated rings. The van der Waals surface area contributed by atoms with E-state index in [-0.39, 0.29) is 0 Å². The fourth-order valence-corrected chi connectivity index (χ4v) is 2.90. The van der Waals surface area contributed by atoms with Gasteiger partial charge in [-0.05, 0) is 40.2 Å². The van der Waals surface area contributed by atoms with Crippen LogP contribution < -0.4 is 5.32 Å². The van der Waals surface area contributed by atoms with Crippen LogP contribution in [0.5, 0.6) is 0 Å². The van der Waals surface area contributed by atoms with Gasteiger partial charge in [-0.3, -0.25) is 0 Å². The average molecular weight is 328 g/mol. The van der Waals surface area contributed by atoms with E-state index in [9.17, 15) is 0 Å². The molecule has 0 aliphatic carbocycles. The molecule has 1 heterocycles. The Morgan fingerprint density at radius 3 is 2.82 bits per heavy atom. The Balaban J connectivity index is 2.14. The fourth-order valence-electron chi connectivity index (χ4n) is 1.41. The predicted molar refractivity (Wildman–Crippen MR) is 75.5 cm³/mol. The van der Waals surface area contributed by atoms with E-state index >= 15 is 0 Å². The lowest BCUT2D eigenvalue weighted by molar-refractivity contribution is 1.19. The standard InChI is InChI=1S/C12H8BrClN2S/c13-10-2-1-3-11(9(10)6-15)16-7-8-4-5-12(14)17-8/h1-5,16H,7H2. The lowest BCUT2D eigenvalue weighted by Gasteiger charge is -2.07. The average Bonchev–Trinajstić information content (AvgIpc) is 2.72. The zero-order valence-corrected chi connectivity index (χ0v) is 11.9. The van der Waals surface area contributed by atoms with E-state index in [0.717, 1.165) is 19.4 Å². The molecule has 0 saturated heterocycles. The maximum absolute atomic E-state index is 9.06. The lowest BCUT2D eigenvalue weighted by Crippen LogP contribution is -1.99. The Morgan fingerprint density at radius 2 is 2.18 bits per heavy atom. The van der Waals surface area contributed by atoms with E-state index in [2.05, 4.69) is 27.3 Å². The number of hydrogen-bond donors (Lipinski definition) is 1. The molecule has 0 spiro atoms. The van der Waals surface area contributed by atoms with Crippen LogP contribution in [0, 0.1) is 11.3 Å². The second kappa shape index (κ2) is 5.54. The summed E-state index contributed by atoms with van der Waals surface area (Å²) in [5.41, 5.74) is 1.45. The third-order valence-corrected chi connectivity index (χ3v) is 4.10. The molecule has 5 heteroatoms. The van der Waals surface area contributed by atoms with Crippen molar-refractivity contribution in [2.24, 2.45) is 0 Å². The minimum absolute atomic E-state index is 0.621. The molecule has 1 aromatic heterocycles. The highest BCUT2D eigenvalue weighted by atomic mass is 79.9. The smallest absolute Gasteiger partial charge is 0.103 e. The molecule has 0 aliphatic heterocycles. The van der Waals surface area contributed by atoms with Crippen LogP contribution >= 0.6 is 38.9 Å². The number of anilines is 1. The summed E-state index contributed by atoms with van der Waals surface area (Å²) in [5, 5.41) is 12.3. The number of benzene rings is 1. The maximum atomic E-state index is 9.06. The first-order valence-corrected chi connectivity index (χ1v) is 6.86. The van der Waals surface area contributed by atoms with Crippen LogP contribution in [0.2, 0.25) is 4.34 Å². The van der Waals surface area contributed by atoms with E-state index in [0.29, 0.717) is 12.1 Å². The summed E-state index contributed by atoms with van der Waals surface area (Å²) in [4.78, 5) is 1.14. The zero-order valence-electron chi connectivity index (χ0n) is 8.71. The van der Waals surface area contributed by atoms with Crippen LogP contribution in [-0.2, 0) is 6.54 Å². The van der Waals surface area contributed by atoms with Crippen molar-refractivity contribution < 1.29 is 0 Å². The molecule has 0 atom stereocenters. The summed E-state index contributed by atoms with van der Waals surface area (Å²) in [7, 11) is 0. The molecule has 0 unspecified atom stereocenters. The quantitative estimate of drug-likeness (QED) is 0.891. The van der Waals surface area contributed by atoms with Crippen LogP contribution in [0.1, 0.15) is 10.4 Å². The van der Waals surface area contributed by atoms with Crippen molar-refractivity contribution in [2.75, 3.05) is 5.32 Å². The van der Waals surface area contributed by atoms with Gasteiger partial charge < -0.3 is 5.32 Å². The first-order chi connectivity index (χ1) is 8.20. The van der Waals surface area contributed by atoms with Gasteiger partial charge in [0.2, 0.25) is 0 Å². The second-order valence-electron chi connectivity index (χ2n) is 3.33. The van der Waals surface area contributed by atoms with Crippen LogP contribution in [0.4, 0.5) is 5.69 Å². The van der Waals surface area contributed by atoms with Crippen molar-refractivity contribution in [3.63, 3.8) is 0 Å². The Bertz CT molecular complexity index is 574. The van der Waals surface area contributed by atoms with Crippen LogP contribution in [0.25, 0.3) is 0 Å². The van der Waals surface area contributed by atoms with E-state index in [4.69, 9.17) is 16.9 Å². The van der Waals surface area contributed by atoms with Gasteiger partial charge >= 0.3 is 0 Å². The molecule has 0 amide bonds. The molecule has 1 aromatic carbocycles. The summed E-state index contributed by atoms with van der Waals surface area (Å²) in [6, 6.07) is 11.7. The topological polar surface area (TPSA) is 35.8 Å². The van der Waals surface area contributed by atoms with E-state index in [1.54, 1.807) is 0 Å². The molecule has 2 rings (SSSR count). The van der Waals surface area contributed by atoms with Gasteiger partial charge in [-0.1, -0.05) is 17.7 Å². The number of rotatable bonds is 3. The SMILES string of the molecule is N#Cc1c(Br)cccc1NCc1ccc(Cl)s1. The van der Waals surface area contributed by atoms with Gasteiger partial charge in [-0.15, -0.1) is 11.3 Å². The van der Waals surface area contributed by atoms with Crippen LogP contribution in [-0.4, -0.2) is 0 Å². The van der Waals surface area contributed by atoms with E-state index < -0.39 is 0 Å². The number of nitriles is 1. The molecule has 1 N–H and O–H groups in total. The molecular weight excluding hydrogens is 320 g/mol. The minimum atomic E-state index is 0.621. The van der Waals surface area contributed by atoms with Gasteiger partial charge in [0, 0.05) is 15.9 Å². The summed E-state index contributed by atoms with van der Waals surface area (Å²) < 4.78 is 1.57. The van der Waals surface area contributed by atoms with Gasteiger partial charge in [-0.2, -0.15) is 5.26 Å². The second-order valence-corrected chi connectivity index (χ2v) is 5.99. The highest BCUT2D eigenvalue weighted by Gasteiger charge is 2.06. The monoisotopic (exact) mass is 326 g/mol. The summed E-state index contributed by atoms with van der Waals surface area (Å²) in [5.74, 6) is 0. The first-order valence-electron chi connectivity index (χ1n) is 4.87. The minimum Gasteiger partial charge on any atom is -0.379 e. The molecule has 0 saturated carbocycles. The molecule has 0 bridgehead atoms. The lowest BCUT2D eigenvalue weighted by atomic mass is 10.2. The summed E-state index contributed by atoms with van der Waals surface area (Å²) >= 11 is 10.7. The fraction of sp³-hybridized carbons (Fsp3) is 0.0833. The van der Waals surface area contributed by atoms with Crippen molar-refractivity contribution >= 4 is 44.6 Å². The molecular formula is C12H8BrClN2S. The van der Waals surface area contributed by atoms with Gasteiger partial charge in [0.25, 0.3) is 0 Å². The molecule has 2 nitrogen and oxygen atoms in total. The van der Waals surface area contributed by atoms with Gasteiger partial charge in [0.05, 0.1) is 15.6 Å². The van der Waals surface area contributed by atoms with Crippen molar-refractivity contribution in [2.45, 2.75) is 6.54 Å². The normalized spacial score (nSPS) is 9.94. The Labute approximate surface area is 117 Å². The zero-order chi connectivity index (χ0) is 12.3.